The van der Waals surface area contributed by atoms with Gasteiger partial charge < -0.3 is 4.98 Å². The molecule has 0 amide bonds. The number of hydrogen-bond acceptors (Lipinski definition) is 4. The van der Waals surface area contributed by atoms with Crippen molar-refractivity contribution in [2.24, 2.45) is 5.14 Å². The predicted octanol–water partition coefficient (Wildman–Crippen LogP) is 2.35. The Labute approximate surface area is 141 Å². The maximum atomic E-state index is 12.7. The second kappa shape index (κ2) is 5.57. The average Bonchev–Trinajstić information content (AvgIpc) is 2.48. The van der Waals surface area contributed by atoms with Gasteiger partial charge in [0.05, 0.1) is 21.5 Å². The minimum Gasteiger partial charge on any atom is -0.331 e. The molecule has 0 atom stereocenters. The average molecular weight is 368 g/mol. The molecular formula is C14H10ClN3O3S2. The zero-order valence-electron chi connectivity index (χ0n) is 11.5. The number of primary sulfonamides is 1. The monoisotopic (exact) mass is 367 g/mol. The van der Waals surface area contributed by atoms with Gasteiger partial charge in [0.1, 0.15) is 0 Å². The van der Waals surface area contributed by atoms with Crippen LogP contribution in [0.4, 0.5) is 0 Å². The largest absolute Gasteiger partial charge is 0.331 e. The molecule has 1 heterocycles. The van der Waals surface area contributed by atoms with Gasteiger partial charge in [0, 0.05) is 5.02 Å². The summed E-state index contributed by atoms with van der Waals surface area (Å²) < 4.78 is 24.0. The molecule has 0 bridgehead atoms. The van der Waals surface area contributed by atoms with Gasteiger partial charge in [-0.15, -0.1) is 0 Å². The molecule has 2 aromatic carbocycles. The second-order valence-electron chi connectivity index (χ2n) is 4.80. The summed E-state index contributed by atoms with van der Waals surface area (Å²) >= 11 is 11.2. The molecule has 9 heteroatoms. The molecule has 0 fully saturated rings. The van der Waals surface area contributed by atoms with E-state index >= 15 is 0 Å². The van der Waals surface area contributed by atoms with Crippen LogP contribution in [-0.2, 0) is 10.0 Å². The third-order valence-corrected chi connectivity index (χ3v) is 4.73. The highest BCUT2D eigenvalue weighted by molar-refractivity contribution is 7.89. The second-order valence-corrected chi connectivity index (χ2v) is 7.18. The van der Waals surface area contributed by atoms with E-state index < -0.39 is 10.0 Å². The third-order valence-electron chi connectivity index (χ3n) is 3.28. The number of fused-ring (bicyclic) bond motifs is 1. The lowest BCUT2D eigenvalue weighted by Crippen LogP contribution is -2.20. The maximum absolute atomic E-state index is 12.7. The molecule has 118 valence electrons. The molecular weight excluding hydrogens is 358 g/mol. The summed E-state index contributed by atoms with van der Waals surface area (Å²) in [6.45, 7) is 0. The topological polar surface area (TPSA) is 97.9 Å². The SMILES string of the molecule is NS(=O)(=O)c1ccc(-n2c(=S)[nH]c3ccc(Cl)cc3c2=O)cc1. The van der Waals surface area contributed by atoms with E-state index in [0.717, 1.165) is 0 Å². The Bertz CT molecular complexity index is 1130. The van der Waals surface area contributed by atoms with Gasteiger partial charge in [0.2, 0.25) is 10.0 Å². The van der Waals surface area contributed by atoms with Gasteiger partial charge in [0.25, 0.3) is 5.56 Å². The molecule has 0 aliphatic rings. The molecule has 0 saturated carbocycles. The molecule has 6 nitrogen and oxygen atoms in total. The number of aromatic nitrogens is 2. The highest BCUT2D eigenvalue weighted by atomic mass is 35.5. The molecule has 0 radical (unpaired) electrons. The lowest BCUT2D eigenvalue weighted by atomic mass is 10.2. The first-order valence-corrected chi connectivity index (χ1v) is 8.68. The van der Waals surface area contributed by atoms with Gasteiger partial charge in [-0.05, 0) is 54.7 Å². The minimum absolute atomic E-state index is 0.0481. The normalized spacial score (nSPS) is 11.7. The summed E-state index contributed by atoms with van der Waals surface area (Å²) in [5.41, 5.74) is 0.641. The Morgan fingerprint density at radius 1 is 1.13 bits per heavy atom. The van der Waals surface area contributed by atoms with E-state index in [2.05, 4.69) is 4.98 Å². The summed E-state index contributed by atoms with van der Waals surface area (Å²) in [6, 6.07) is 10.4. The Morgan fingerprint density at radius 3 is 2.39 bits per heavy atom. The number of hydrogen-bond donors (Lipinski definition) is 2. The van der Waals surface area contributed by atoms with Crippen LogP contribution in [-0.4, -0.2) is 18.0 Å². The number of nitrogens with zero attached hydrogens (tertiary/aromatic N) is 1. The van der Waals surface area contributed by atoms with Gasteiger partial charge >= 0.3 is 0 Å². The summed E-state index contributed by atoms with van der Waals surface area (Å²) in [5.74, 6) is 0. The lowest BCUT2D eigenvalue weighted by molar-refractivity contribution is 0.598. The lowest BCUT2D eigenvalue weighted by Gasteiger charge is -2.09. The van der Waals surface area contributed by atoms with Crippen LogP contribution in [0.15, 0.2) is 52.2 Å². The van der Waals surface area contributed by atoms with Crippen molar-refractivity contribution in [2.75, 3.05) is 0 Å². The van der Waals surface area contributed by atoms with E-state index in [-0.39, 0.29) is 15.2 Å². The van der Waals surface area contributed by atoms with Gasteiger partial charge in [-0.1, -0.05) is 11.6 Å². The number of rotatable bonds is 2. The fourth-order valence-corrected chi connectivity index (χ4v) is 3.19. The zero-order chi connectivity index (χ0) is 16.8. The molecule has 0 spiro atoms. The van der Waals surface area contributed by atoms with Crippen LogP contribution in [0.3, 0.4) is 0 Å². The minimum atomic E-state index is -3.80. The van der Waals surface area contributed by atoms with Gasteiger partial charge in [-0.3, -0.25) is 9.36 Å². The Morgan fingerprint density at radius 2 is 1.78 bits per heavy atom. The highest BCUT2D eigenvalue weighted by Gasteiger charge is 2.11. The molecule has 0 aliphatic carbocycles. The van der Waals surface area contributed by atoms with Crippen molar-refractivity contribution in [1.82, 2.24) is 9.55 Å². The summed E-state index contributed by atoms with van der Waals surface area (Å²) in [7, 11) is -3.80. The standard InChI is InChI=1S/C14H10ClN3O3S2/c15-8-1-6-12-11(7-8)13(19)18(14(22)17-12)9-2-4-10(5-3-9)23(16,20)21/h1-7H,(H,17,22)(H2,16,20,21). The van der Waals surface area contributed by atoms with E-state index in [1.165, 1.54) is 28.8 Å². The molecule has 3 rings (SSSR count). The van der Waals surface area contributed by atoms with Crippen LogP contribution < -0.4 is 10.7 Å². The fraction of sp³-hybridized carbons (Fsp3) is 0. The van der Waals surface area contributed by atoms with E-state index in [9.17, 15) is 13.2 Å². The van der Waals surface area contributed by atoms with Gasteiger partial charge in [0.15, 0.2) is 4.77 Å². The first-order chi connectivity index (χ1) is 10.8. The number of nitrogens with two attached hydrogens (primary N) is 1. The van der Waals surface area contributed by atoms with E-state index in [0.29, 0.717) is 21.6 Å². The molecule has 0 unspecified atom stereocenters. The van der Waals surface area contributed by atoms with Crippen molar-refractivity contribution >= 4 is 44.7 Å². The van der Waals surface area contributed by atoms with Crippen LogP contribution in [0.25, 0.3) is 16.6 Å². The van der Waals surface area contributed by atoms with Crippen LogP contribution in [0.2, 0.25) is 5.02 Å². The molecule has 0 saturated heterocycles. The predicted molar refractivity (Wildman–Crippen MR) is 91.1 cm³/mol. The number of sulfonamides is 1. The van der Waals surface area contributed by atoms with Crippen molar-refractivity contribution in [3.05, 3.63) is 62.6 Å². The first-order valence-electron chi connectivity index (χ1n) is 6.35. The van der Waals surface area contributed by atoms with Crippen LogP contribution in [0, 0.1) is 4.77 Å². The third kappa shape index (κ3) is 2.93. The van der Waals surface area contributed by atoms with Crippen molar-refractivity contribution in [2.45, 2.75) is 4.90 Å². The van der Waals surface area contributed by atoms with Gasteiger partial charge in [-0.2, -0.15) is 0 Å². The fourth-order valence-electron chi connectivity index (χ4n) is 2.21. The van der Waals surface area contributed by atoms with E-state index in [1.54, 1.807) is 18.2 Å². The van der Waals surface area contributed by atoms with Gasteiger partial charge in [-0.25, -0.2) is 13.6 Å². The van der Waals surface area contributed by atoms with Crippen LogP contribution in [0.5, 0.6) is 0 Å². The molecule has 0 aliphatic heterocycles. The Hall–Kier alpha value is -2.00. The van der Waals surface area contributed by atoms with Crippen LogP contribution in [0.1, 0.15) is 0 Å². The highest BCUT2D eigenvalue weighted by Crippen LogP contribution is 2.17. The molecule has 23 heavy (non-hydrogen) atoms. The number of aromatic amines is 1. The quantitative estimate of drug-likeness (QED) is 0.679. The Kier molecular flexibility index (Phi) is 3.85. The maximum Gasteiger partial charge on any atom is 0.266 e. The van der Waals surface area contributed by atoms with Crippen molar-refractivity contribution in [3.63, 3.8) is 0 Å². The summed E-state index contributed by atoms with van der Waals surface area (Å²) in [6.07, 6.45) is 0. The summed E-state index contributed by atoms with van der Waals surface area (Å²) in [4.78, 5) is 15.6. The Balaban J connectivity index is 2.28. The van der Waals surface area contributed by atoms with Crippen molar-refractivity contribution in [3.8, 4) is 5.69 Å². The van der Waals surface area contributed by atoms with Crippen LogP contribution >= 0.6 is 23.8 Å². The van der Waals surface area contributed by atoms with E-state index in [1.807, 2.05) is 0 Å². The smallest absolute Gasteiger partial charge is 0.266 e. The summed E-state index contributed by atoms with van der Waals surface area (Å²) in [5, 5.41) is 5.86. The molecule has 3 N–H and O–H groups in total. The first kappa shape index (κ1) is 15.9. The van der Waals surface area contributed by atoms with Crippen molar-refractivity contribution < 1.29 is 8.42 Å². The van der Waals surface area contributed by atoms with Crippen molar-refractivity contribution in [1.29, 1.82) is 0 Å². The molecule has 3 aromatic rings. The number of H-pyrrole nitrogens is 1. The number of halogens is 1. The van der Waals surface area contributed by atoms with E-state index in [4.69, 9.17) is 29.0 Å². The number of benzene rings is 2. The zero-order valence-corrected chi connectivity index (χ0v) is 13.9. The number of nitrogens with one attached hydrogen (secondary N) is 1. The molecule has 1 aromatic heterocycles.